The molecule has 0 spiro atoms. The number of likely N-dealkylation sites (tertiary alicyclic amines) is 1. The maximum Gasteiger partial charge on any atom is 0.238 e. The first-order valence-electron chi connectivity index (χ1n) is 7.14. The fraction of sp³-hybridized carbons (Fsp3) is 0.533. The third kappa shape index (κ3) is 4.88. The number of methoxy groups -OCH3 is 1. The molecule has 0 aromatic heterocycles. The van der Waals surface area contributed by atoms with Gasteiger partial charge in [-0.25, -0.2) is 0 Å². The number of hydrogen-bond donors (Lipinski definition) is 2. The zero-order valence-corrected chi connectivity index (χ0v) is 13.0. The molecular formula is C15H22ClN3O2. The molecule has 6 heteroatoms. The van der Waals surface area contributed by atoms with Crippen LogP contribution in [0, 0.1) is 5.92 Å². The van der Waals surface area contributed by atoms with E-state index in [4.69, 9.17) is 22.1 Å². The van der Waals surface area contributed by atoms with E-state index in [0.29, 0.717) is 28.9 Å². The zero-order chi connectivity index (χ0) is 15.2. The number of benzene rings is 1. The highest BCUT2D eigenvalue weighted by molar-refractivity contribution is 6.31. The number of ether oxygens (including phenoxy) is 1. The number of nitrogens with two attached hydrogens (primary N) is 1. The van der Waals surface area contributed by atoms with Crippen LogP contribution in [0.1, 0.15) is 12.8 Å². The van der Waals surface area contributed by atoms with Crippen molar-refractivity contribution in [2.45, 2.75) is 12.8 Å². The number of nitrogen functional groups attached to an aromatic ring is 1. The molecule has 1 aliphatic heterocycles. The molecule has 1 aromatic rings. The minimum Gasteiger partial charge on any atom is -0.397 e. The number of nitrogens with one attached hydrogen (secondary N) is 1. The van der Waals surface area contributed by atoms with Crippen molar-refractivity contribution in [3.8, 4) is 0 Å². The normalized spacial score (nSPS) is 16.9. The Morgan fingerprint density at radius 1 is 1.48 bits per heavy atom. The van der Waals surface area contributed by atoms with Crippen LogP contribution in [0.25, 0.3) is 0 Å². The molecule has 1 aliphatic rings. The Labute approximate surface area is 130 Å². The number of amides is 1. The summed E-state index contributed by atoms with van der Waals surface area (Å²) in [6, 6.07) is 5.07. The number of carbonyl (C=O) groups excluding carboxylic acids is 1. The largest absolute Gasteiger partial charge is 0.397 e. The standard InChI is InChI=1S/C15H22ClN3O2/c1-21-10-11-4-6-19(7-5-11)9-15(20)18-14-3-2-12(16)8-13(14)17/h2-3,8,11H,4-7,9-10,17H2,1H3,(H,18,20). The Balaban J connectivity index is 1.80. The third-order valence-electron chi connectivity index (χ3n) is 3.76. The smallest absolute Gasteiger partial charge is 0.238 e. The molecule has 3 N–H and O–H groups in total. The van der Waals surface area contributed by atoms with Gasteiger partial charge in [0.05, 0.1) is 17.9 Å². The van der Waals surface area contributed by atoms with Crippen molar-refractivity contribution in [2.24, 2.45) is 5.92 Å². The third-order valence-corrected chi connectivity index (χ3v) is 4.00. The Kier molecular flexibility index (Phi) is 5.85. The number of rotatable bonds is 5. The van der Waals surface area contributed by atoms with Gasteiger partial charge in [0.2, 0.25) is 5.91 Å². The molecule has 5 nitrogen and oxygen atoms in total. The summed E-state index contributed by atoms with van der Waals surface area (Å²) in [4.78, 5) is 14.2. The number of hydrogen-bond acceptors (Lipinski definition) is 4. The summed E-state index contributed by atoms with van der Waals surface area (Å²) >= 11 is 5.84. The summed E-state index contributed by atoms with van der Waals surface area (Å²) < 4.78 is 5.18. The lowest BCUT2D eigenvalue weighted by Crippen LogP contribution is -2.40. The Bertz CT molecular complexity index is 488. The zero-order valence-electron chi connectivity index (χ0n) is 12.3. The predicted octanol–water partition coefficient (Wildman–Crippen LogP) is 2.22. The average Bonchev–Trinajstić information content (AvgIpc) is 2.44. The molecule has 1 saturated heterocycles. The highest BCUT2D eigenvalue weighted by Crippen LogP contribution is 2.23. The molecule has 0 unspecified atom stereocenters. The van der Waals surface area contributed by atoms with Gasteiger partial charge in [0, 0.05) is 18.7 Å². The van der Waals surface area contributed by atoms with E-state index in [0.717, 1.165) is 32.5 Å². The van der Waals surface area contributed by atoms with E-state index >= 15 is 0 Å². The second-order valence-corrected chi connectivity index (χ2v) is 5.89. The monoisotopic (exact) mass is 311 g/mol. The van der Waals surface area contributed by atoms with Gasteiger partial charge in [-0.15, -0.1) is 0 Å². The Morgan fingerprint density at radius 3 is 2.81 bits per heavy atom. The maximum absolute atomic E-state index is 12.1. The summed E-state index contributed by atoms with van der Waals surface area (Å²) in [7, 11) is 1.73. The number of nitrogens with zero attached hydrogens (tertiary/aromatic N) is 1. The molecule has 1 fully saturated rings. The van der Waals surface area contributed by atoms with Gasteiger partial charge in [-0.05, 0) is 50.0 Å². The highest BCUT2D eigenvalue weighted by atomic mass is 35.5. The van der Waals surface area contributed by atoms with E-state index in [1.165, 1.54) is 0 Å². The van der Waals surface area contributed by atoms with Crippen LogP contribution in [0.5, 0.6) is 0 Å². The van der Waals surface area contributed by atoms with Gasteiger partial charge in [-0.1, -0.05) is 11.6 Å². The topological polar surface area (TPSA) is 67.6 Å². The number of halogens is 1. The Morgan fingerprint density at radius 2 is 2.19 bits per heavy atom. The van der Waals surface area contributed by atoms with Gasteiger partial charge in [0.1, 0.15) is 0 Å². The van der Waals surface area contributed by atoms with Crippen molar-refractivity contribution in [1.29, 1.82) is 0 Å². The lowest BCUT2D eigenvalue weighted by Gasteiger charge is -2.31. The van der Waals surface area contributed by atoms with Gasteiger partial charge in [0.15, 0.2) is 0 Å². The van der Waals surface area contributed by atoms with Crippen molar-refractivity contribution in [3.63, 3.8) is 0 Å². The van der Waals surface area contributed by atoms with E-state index in [1.54, 1.807) is 25.3 Å². The summed E-state index contributed by atoms with van der Waals surface area (Å²) in [6.07, 6.45) is 2.15. The van der Waals surface area contributed by atoms with Crippen molar-refractivity contribution in [3.05, 3.63) is 23.2 Å². The molecule has 2 rings (SSSR count). The minimum atomic E-state index is -0.0470. The SMILES string of the molecule is COCC1CCN(CC(=O)Nc2ccc(Cl)cc2N)CC1. The number of carbonyl (C=O) groups is 1. The summed E-state index contributed by atoms with van der Waals surface area (Å²) in [5.41, 5.74) is 6.92. The van der Waals surface area contributed by atoms with Gasteiger partial charge in [0.25, 0.3) is 0 Å². The molecule has 0 aliphatic carbocycles. The second kappa shape index (κ2) is 7.64. The Hall–Kier alpha value is -1.30. The maximum atomic E-state index is 12.1. The molecular weight excluding hydrogens is 290 g/mol. The molecule has 0 saturated carbocycles. The van der Waals surface area contributed by atoms with E-state index < -0.39 is 0 Å². The van der Waals surface area contributed by atoms with Gasteiger partial charge in [-0.3, -0.25) is 9.69 Å². The van der Waals surface area contributed by atoms with Crippen LogP contribution in [0.4, 0.5) is 11.4 Å². The van der Waals surface area contributed by atoms with Crippen LogP contribution < -0.4 is 11.1 Å². The number of piperidine rings is 1. The fourth-order valence-corrected chi connectivity index (χ4v) is 2.77. The van der Waals surface area contributed by atoms with Crippen LogP contribution in [0.3, 0.4) is 0 Å². The fourth-order valence-electron chi connectivity index (χ4n) is 2.59. The number of anilines is 2. The summed E-state index contributed by atoms with van der Waals surface area (Å²) in [5, 5.41) is 3.39. The van der Waals surface area contributed by atoms with E-state index in [2.05, 4.69) is 10.2 Å². The lowest BCUT2D eigenvalue weighted by molar-refractivity contribution is -0.117. The van der Waals surface area contributed by atoms with E-state index in [9.17, 15) is 4.79 Å². The summed E-state index contributed by atoms with van der Waals surface area (Å²) in [6.45, 7) is 3.05. The van der Waals surface area contributed by atoms with Crippen LogP contribution in [-0.4, -0.2) is 44.2 Å². The van der Waals surface area contributed by atoms with Gasteiger partial charge < -0.3 is 15.8 Å². The average molecular weight is 312 g/mol. The quantitative estimate of drug-likeness (QED) is 0.818. The van der Waals surface area contributed by atoms with Crippen LogP contribution >= 0.6 is 11.6 Å². The van der Waals surface area contributed by atoms with Crippen LogP contribution in [-0.2, 0) is 9.53 Å². The minimum absolute atomic E-state index is 0.0470. The molecule has 21 heavy (non-hydrogen) atoms. The predicted molar refractivity (Wildman–Crippen MR) is 85.5 cm³/mol. The first-order chi connectivity index (χ1) is 10.1. The lowest BCUT2D eigenvalue weighted by atomic mass is 9.98. The molecule has 0 atom stereocenters. The highest BCUT2D eigenvalue weighted by Gasteiger charge is 2.20. The van der Waals surface area contributed by atoms with E-state index in [1.807, 2.05) is 0 Å². The molecule has 116 valence electrons. The first-order valence-corrected chi connectivity index (χ1v) is 7.52. The van der Waals surface area contributed by atoms with E-state index in [-0.39, 0.29) is 5.91 Å². The first kappa shape index (κ1) is 16.1. The van der Waals surface area contributed by atoms with Crippen molar-refractivity contribution in [1.82, 2.24) is 4.90 Å². The molecule has 1 heterocycles. The molecule has 0 bridgehead atoms. The molecule has 1 amide bonds. The second-order valence-electron chi connectivity index (χ2n) is 5.45. The van der Waals surface area contributed by atoms with Crippen molar-refractivity contribution in [2.75, 3.05) is 44.4 Å². The van der Waals surface area contributed by atoms with Crippen LogP contribution in [0.2, 0.25) is 5.02 Å². The molecule has 1 aromatic carbocycles. The van der Waals surface area contributed by atoms with Crippen molar-refractivity contribution >= 4 is 28.9 Å². The molecule has 0 radical (unpaired) electrons. The van der Waals surface area contributed by atoms with Crippen molar-refractivity contribution < 1.29 is 9.53 Å². The van der Waals surface area contributed by atoms with Gasteiger partial charge in [-0.2, -0.15) is 0 Å². The summed E-state index contributed by atoms with van der Waals surface area (Å²) in [5.74, 6) is 0.565. The van der Waals surface area contributed by atoms with Gasteiger partial charge >= 0.3 is 0 Å². The van der Waals surface area contributed by atoms with Crippen LogP contribution in [0.15, 0.2) is 18.2 Å².